The molecule has 1 atom stereocenters. The van der Waals surface area contributed by atoms with Crippen molar-refractivity contribution >= 4 is 21.4 Å². The van der Waals surface area contributed by atoms with Crippen molar-refractivity contribution in [2.75, 3.05) is 5.32 Å². The number of anilines is 1. The van der Waals surface area contributed by atoms with Crippen LogP contribution in [0.3, 0.4) is 0 Å². The van der Waals surface area contributed by atoms with Gasteiger partial charge < -0.3 is 5.32 Å². The van der Waals surface area contributed by atoms with Crippen molar-refractivity contribution in [2.45, 2.75) is 25.8 Å². The lowest BCUT2D eigenvalue weighted by Crippen LogP contribution is -2.15. The molecule has 6 heteroatoms. The summed E-state index contributed by atoms with van der Waals surface area (Å²) >= 11 is 1.42. The molecule has 0 amide bonds. The van der Waals surface area contributed by atoms with Crippen molar-refractivity contribution in [3.8, 4) is 0 Å². The molecule has 0 unspecified atom stereocenters. The maximum atomic E-state index is 11.9. The van der Waals surface area contributed by atoms with Gasteiger partial charge in [0.15, 0.2) is 0 Å². The summed E-state index contributed by atoms with van der Waals surface area (Å²) in [6.45, 7) is 1.82. The molecule has 21 heavy (non-hydrogen) atoms. The Kier molecular flexibility index (Phi) is 2.78. The van der Waals surface area contributed by atoms with Gasteiger partial charge in [-0.15, -0.1) is 5.10 Å². The standard InChI is InChI=1S/C15H14N4OS/c1-9-8-13(20)19-15(16-9)21-14(18-19)17-12-7-6-10-4-2-3-5-11(10)12/h2-5,8,12H,6-7H2,1H3,(H,17,18)/t12-/m0/s1. The first-order valence-corrected chi connectivity index (χ1v) is 7.74. The maximum absolute atomic E-state index is 11.9. The summed E-state index contributed by atoms with van der Waals surface area (Å²) in [6.07, 6.45) is 2.13. The highest BCUT2D eigenvalue weighted by Crippen LogP contribution is 2.34. The SMILES string of the molecule is Cc1cc(=O)n2nc(N[C@H]3CCc4ccccc43)sc2n1. The van der Waals surface area contributed by atoms with Crippen LogP contribution >= 0.6 is 11.3 Å². The Bertz CT molecular complexity index is 883. The lowest BCUT2D eigenvalue weighted by Gasteiger charge is -2.12. The first-order valence-electron chi connectivity index (χ1n) is 6.92. The quantitative estimate of drug-likeness (QED) is 0.790. The predicted molar refractivity (Wildman–Crippen MR) is 83.0 cm³/mol. The molecule has 0 aliphatic heterocycles. The number of aromatic nitrogens is 3. The zero-order valence-electron chi connectivity index (χ0n) is 11.5. The van der Waals surface area contributed by atoms with Crippen LogP contribution in [0.2, 0.25) is 0 Å². The van der Waals surface area contributed by atoms with Crippen molar-refractivity contribution in [2.24, 2.45) is 0 Å². The fourth-order valence-electron chi connectivity index (χ4n) is 2.83. The van der Waals surface area contributed by atoms with E-state index in [2.05, 4.69) is 39.7 Å². The number of hydrogen-bond acceptors (Lipinski definition) is 5. The van der Waals surface area contributed by atoms with Gasteiger partial charge in [0.2, 0.25) is 10.1 Å². The zero-order valence-corrected chi connectivity index (χ0v) is 12.4. The molecule has 1 aliphatic rings. The minimum absolute atomic E-state index is 0.131. The summed E-state index contributed by atoms with van der Waals surface area (Å²) in [4.78, 5) is 16.9. The number of hydrogen-bond donors (Lipinski definition) is 1. The van der Waals surface area contributed by atoms with Crippen LogP contribution < -0.4 is 10.9 Å². The number of benzene rings is 1. The van der Waals surface area contributed by atoms with Gasteiger partial charge >= 0.3 is 0 Å². The Balaban J connectivity index is 1.70. The van der Waals surface area contributed by atoms with Gasteiger partial charge in [-0.3, -0.25) is 4.79 Å². The van der Waals surface area contributed by atoms with E-state index in [-0.39, 0.29) is 11.6 Å². The molecule has 0 saturated carbocycles. The first kappa shape index (κ1) is 12.5. The van der Waals surface area contributed by atoms with Crippen LogP contribution in [0.1, 0.15) is 29.3 Å². The third-order valence-corrected chi connectivity index (χ3v) is 4.64. The lowest BCUT2D eigenvalue weighted by atomic mass is 10.1. The summed E-state index contributed by atoms with van der Waals surface area (Å²) in [5.41, 5.74) is 3.31. The van der Waals surface area contributed by atoms with E-state index in [9.17, 15) is 4.79 Å². The van der Waals surface area contributed by atoms with Crippen LogP contribution in [0.4, 0.5) is 5.13 Å². The molecule has 0 fully saturated rings. The van der Waals surface area contributed by atoms with E-state index >= 15 is 0 Å². The van der Waals surface area contributed by atoms with Gasteiger partial charge in [0.25, 0.3) is 5.56 Å². The topological polar surface area (TPSA) is 59.3 Å². The van der Waals surface area contributed by atoms with E-state index in [4.69, 9.17) is 0 Å². The van der Waals surface area contributed by atoms with Crippen molar-refractivity contribution in [3.05, 3.63) is 57.5 Å². The first-order chi connectivity index (χ1) is 10.2. The molecule has 4 rings (SSSR count). The highest BCUT2D eigenvalue weighted by molar-refractivity contribution is 7.20. The molecule has 1 aromatic carbocycles. The van der Waals surface area contributed by atoms with Gasteiger partial charge in [-0.25, -0.2) is 4.98 Å². The van der Waals surface area contributed by atoms with Crippen LogP contribution in [0.25, 0.3) is 4.96 Å². The lowest BCUT2D eigenvalue weighted by molar-refractivity contribution is 0.754. The predicted octanol–water partition coefficient (Wildman–Crippen LogP) is 2.56. The Morgan fingerprint density at radius 2 is 2.24 bits per heavy atom. The average Bonchev–Trinajstić information content (AvgIpc) is 3.04. The Hall–Kier alpha value is -2.21. The molecule has 1 aliphatic carbocycles. The molecular weight excluding hydrogens is 284 g/mol. The molecule has 0 spiro atoms. The summed E-state index contributed by atoms with van der Waals surface area (Å²) in [5, 5.41) is 8.52. The minimum atomic E-state index is -0.131. The average molecular weight is 298 g/mol. The van der Waals surface area contributed by atoms with Gasteiger partial charge in [-0.05, 0) is 30.9 Å². The number of nitrogens with zero attached hydrogens (tertiary/aromatic N) is 3. The van der Waals surface area contributed by atoms with Crippen LogP contribution in [0.15, 0.2) is 35.1 Å². The van der Waals surface area contributed by atoms with E-state index in [1.165, 1.54) is 33.0 Å². The zero-order chi connectivity index (χ0) is 14.4. The van der Waals surface area contributed by atoms with Crippen molar-refractivity contribution in [3.63, 3.8) is 0 Å². The van der Waals surface area contributed by atoms with Gasteiger partial charge in [0.05, 0.1) is 6.04 Å². The van der Waals surface area contributed by atoms with E-state index in [1.807, 2.05) is 6.92 Å². The second kappa shape index (κ2) is 4.66. The second-order valence-corrected chi connectivity index (χ2v) is 6.23. The summed E-state index contributed by atoms with van der Waals surface area (Å²) < 4.78 is 1.36. The molecule has 2 heterocycles. The molecule has 3 aromatic rings. The van der Waals surface area contributed by atoms with E-state index in [1.54, 1.807) is 0 Å². The van der Waals surface area contributed by atoms with Gasteiger partial charge in [-0.1, -0.05) is 35.6 Å². The fourth-order valence-corrected chi connectivity index (χ4v) is 3.74. The highest BCUT2D eigenvalue weighted by atomic mass is 32.1. The van der Waals surface area contributed by atoms with E-state index in [0.29, 0.717) is 4.96 Å². The van der Waals surface area contributed by atoms with E-state index < -0.39 is 0 Å². The number of rotatable bonds is 2. The molecule has 1 N–H and O–H groups in total. The monoisotopic (exact) mass is 298 g/mol. The molecule has 0 radical (unpaired) electrons. The van der Waals surface area contributed by atoms with Gasteiger partial charge in [0, 0.05) is 11.8 Å². The molecule has 106 valence electrons. The van der Waals surface area contributed by atoms with Crippen LogP contribution in [-0.2, 0) is 6.42 Å². The Morgan fingerprint density at radius 1 is 1.38 bits per heavy atom. The van der Waals surface area contributed by atoms with Crippen molar-refractivity contribution in [1.29, 1.82) is 0 Å². The third-order valence-electron chi connectivity index (χ3n) is 3.80. The largest absolute Gasteiger partial charge is 0.353 e. The van der Waals surface area contributed by atoms with Crippen molar-refractivity contribution in [1.82, 2.24) is 14.6 Å². The summed E-state index contributed by atoms with van der Waals surface area (Å²) in [6, 6.07) is 10.2. The van der Waals surface area contributed by atoms with Gasteiger partial charge in [-0.2, -0.15) is 4.52 Å². The van der Waals surface area contributed by atoms with Crippen LogP contribution in [0.5, 0.6) is 0 Å². The molecule has 5 nitrogen and oxygen atoms in total. The van der Waals surface area contributed by atoms with Crippen LogP contribution in [0, 0.1) is 6.92 Å². The Morgan fingerprint density at radius 3 is 3.14 bits per heavy atom. The molecule has 2 aromatic heterocycles. The molecule has 0 saturated heterocycles. The van der Waals surface area contributed by atoms with Crippen molar-refractivity contribution < 1.29 is 0 Å². The second-order valence-electron chi connectivity index (χ2n) is 5.27. The highest BCUT2D eigenvalue weighted by Gasteiger charge is 2.22. The molecule has 0 bridgehead atoms. The summed E-state index contributed by atoms with van der Waals surface area (Å²) in [7, 11) is 0. The van der Waals surface area contributed by atoms with Crippen LogP contribution in [-0.4, -0.2) is 14.6 Å². The Labute approximate surface area is 125 Å². The number of nitrogens with one attached hydrogen (secondary N) is 1. The fraction of sp³-hybridized carbons (Fsp3) is 0.267. The minimum Gasteiger partial charge on any atom is -0.353 e. The third kappa shape index (κ3) is 2.12. The summed E-state index contributed by atoms with van der Waals surface area (Å²) in [5.74, 6) is 0. The maximum Gasteiger partial charge on any atom is 0.275 e. The van der Waals surface area contributed by atoms with E-state index in [0.717, 1.165) is 23.7 Å². The smallest absolute Gasteiger partial charge is 0.275 e. The normalized spacial score (nSPS) is 17.1. The number of aryl methyl sites for hydroxylation is 2. The molecular formula is C15H14N4OS. The van der Waals surface area contributed by atoms with Gasteiger partial charge in [0.1, 0.15) is 0 Å². The number of fused-ring (bicyclic) bond motifs is 2.